The van der Waals surface area contributed by atoms with Gasteiger partial charge < -0.3 is 19.4 Å². The number of nitroso groups, excluding NO2 is 1. The molecule has 0 fully saturated rings. The maximum Gasteiger partial charge on any atom is 0.237 e. The van der Waals surface area contributed by atoms with Crippen molar-refractivity contribution < 1.29 is 19.4 Å². The van der Waals surface area contributed by atoms with Crippen molar-refractivity contribution in [1.29, 1.82) is 0 Å². The first kappa shape index (κ1) is 14.6. The maximum atomic E-state index is 12.6. The second-order valence-electron chi connectivity index (χ2n) is 4.77. The minimum Gasteiger partial charge on any atom is -0.508 e. The van der Waals surface area contributed by atoms with Gasteiger partial charge in [-0.25, -0.2) is 0 Å². The molecule has 0 saturated heterocycles. The Morgan fingerprint density at radius 2 is 1.78 bits per heavy atom. The third-order valence-electron chi connectivity index (χ3n) is 3.35. The zero-order chi connectivity index (χ0) is 16.6. The number of phenols is 2. The Morgan fingerprint density at radius 3 is 2.39 bits per heavy atom. The normalized spacial score (nSPS) is 10.7. The fourth-order valence-corrected chi connectivity index (χ4v) is 2.33. The molecule has 0 atom stereocenters. The Kier molecular flexibility index (Phi) is 3.46. The zero-order valence-electron chi connectivity index (χ0n) is 11.9. The highest BCUT2D eigenvalue weighted by atomic mass is 16.5. The third-order valence-corrected chi connectivity index (χ3v) is 3.35. The molecule has 0 amide bonds. The Balaban J connectivity index is 2.42. The summed E-state index contributed by atoms with van der Waals surface area (Å²) < 4.78 is 10.8. The number of methoxy groups -OCH3 is 1. The van der Waals surface area contributed by atoms with E-state index in [0.717, 1.165) is 6.07 Å². The SMILES string of the molecule is COc1c(-c2ccc(O)cc2)oc2cc(O)cc(N=O)c2c1=O. The molecule has 2 N–H and O–H groups in total. The molecule has 116 valence electrons. The summed E-state index contributed by atoms with van der Waals surface area (Å²) >= 11 is 0. The van der Waals surface area contributed by atoms with Crippen molar-refractivity contribution in [2.24, 2.45) is 5.18 Å². The molecule has 0 spiro atoms. The average Bonchev–Trinajstić information content (AvgIpc) is 2.54. The molecule has 3 aromatic rings. The summed E-state index contributed by atoms with van der Waals surface area (Å²) in [6.45, 7) is 0. The van der Waals surface area contributed by atoms with Crippen LogP contribution in [0.3, 0.4) is 0 Å². The van der Waals surface area contributed by atoms with Crippen LogP contribution in [-0.2, 0) is 0 Å². The average molecular weight is 313 g/mol. The third kappa shape index (κ3) is 2.38. The van der Waals surface area contributed by atoms with Crippen LogP contribution in [0, 0.1) is 4.91 Å². The van der Waals surface area contributed by atoms with E-state index in [1.165, 1.54) is 25.3 Å². The van der Waals surface area contributed by atoms with Gasteiger partial charge in [-0.05, 0) is 29.4 Å². The monoisotopic (exact) mass is 313 g/mol. The molecule has 0 radical (unpaired) electrons. The molecule has 3 rings (SSSR count). The van der Waals surface area contributed by atoms with Crippen molar-refractivity contribution in [1.82, 2.24) is 0 Å². The molecular weight excluding hydrogens is 302 g/mol. The van der Waals surface area contributed by atoms with Crippen LogP contribution in [0.4, 0.5) is 5.69 Å². The Hall–Kier alpha value is -3.35. The number of benzene rings is 2. The Labute approximate surface area is 129 Å². The molecule has 7 heteroatoms. The number of hydrogen-bond donors (Lipinski definition) is 2. The van der Waals surface area contributed by atoms with E-state index in [2.05, 4.69) is 5.18 Å². The molecule has 0 aliphatic heterocycles. The second kappa shape index (κ2) is 5.45. The van der Waals surface area contributed by atoms with Gasteiger partial charge in [0.15, 0.2) is 5.76 Å². The number of hydrogen-bond acceptors (Lipinski definition) is 7. The number of rotatable bonds is 3. The van der Waals surface area contributed by atoms with Crippen LogP contribution in [0.5, 0.6) is 17.2 Å². The lowest BCUT2D eigenvalue weighted by Crippen LogP contribution is -2.07. The maximum absolute atomic E-state index is 12.6. The smallest absolute Gasteiger partial charge is 0.237 e. The van der Waals surface area contributed by atoms with Gasteiger partial charge in [0.2, 0.25) is 11.2 Å². The molecular formula is C16H11NO6. The first-order chi connectivity index (χ1) is 11.0. The molecule has 23 heavy (non-hydrogen) atoms. The summed E-state index contributed by atoms with van der Waals surface area (Å²) in [7, 11) is 1.30. The molecule has 0 unspecified atom stereocenters. The van der Waals surface area contributed by atoms with Gasteiger partial charge in [-0.1, -0.05) is 0 Å². The van der Waals surface area contributed by atoms with Gasteiger partial charge in [-0.2, -0.15) is 0 Å². The standard InChI is InChI=1S/C16H11NO6/c1-22-16-14(20)13-11(17-21)6-10(19)7-12(13)23-15(16)8-2-4-9(18)5-3-8/h2-7,18-19H,1H3. The van der Waals surface area contributed by atoms with E-state index < -0.39 is 5.43 Å². The van der Waals surface area contributed by atoms with Crippen molar-refractivity contribution in [3.63, 3.8) is 0 Å². The van der Waals surface area contributed by atoms with Crippen LogP contribution in [0.1, 0.15) is 0 Å². The quantitative estimate of drug-likeness (QED) is 0.718. The van der Waals surface area contributed by atoms with Crippen molar-refractivity contribution in [2.45, 2.75) is 0 Å². The van der Waals surface area contributed by atoms with E-state index in [0.29, 0.717) is 5.56 Å². The zero-order valence-corrected chi connectivity index (χ0v) is 11.9. The highest BCUT2D eigenvalue weighted by molar-refractivity contribution is 5.92. The van der Waals surface area contributed by atoms with Gasteiger partial charge in [0.05, 0.1) is 12.5 Å². The summed E-state index contributed by atoms with van der Waals surface area (Å²) in [5.74, 6) is -0.177. The highest BCUT2D eigenvalue weighted by Gasteiger charge is 2.20. The number of ether oxygens (including phenoxy) is 1. The van der Waals surface area contributed by atoms with Crippen molar-refractivity contribution in [2.75, 3.05) is 7.11 Å². The van der Waals surface area contributed by atoms with Crippen LogP contribution in [-0.4, -0.2) is 17.3 Å². The molecule has 0 bridgehead atoms. The van der Waals surface area contributed by atoms with E-state index in [9.17, 15) is 19.9 Å². The summed E-state index contributed by atoms with van der Waals surface area (Å²) in [5.41, 5.74) is -0.313. The molecule has 1 heterocycles. The number of aromatic hydroxyl groups is 2. The topological polar surface area (TPSA) is 109 Å². The number of fused-ring (bicyclic) bond motifs is 1. The van der Waals surface area contributed by atoms with Gasteiger partial charge in [0, 0.05) is 17.7 Å². The first-order valence-corrected chi connectivity index (χ1v) is 6.55. The fourth-order valence-electron chi connectivity index (χ4n) is 2.33. The van der Waals surface area contributed by atoms with Crippen molar-refractivity contribution in [3.05, 3.63) is 51.5 Å². The number of phenolic OH excluding ortho intramolecular Hbond substituents is 2. The van der Waals surface area contributed by atoms with Crippen LogP contribution in [0.2, 0.25) is 0 Å². The number of nitrogens with zero attached hydrogens (tertiary/aromatic N) is 1. The lowest BCUT2D eigenvalue weighted by Gasteiger charge is -2.10. The predicted octanol–water partition coefficient (Wildman–Crippen LogP) is 3.28. The Morgan fingerprint density at radius 1 is 1.09 bits per heavy atom. The highest BCUT2D eigenvalue weighted by Crippen LogP contribution is 2.36. The van der Waals surface area contributed by atoms with E-state index in [1.807, 2.05) is 0 Å². The fraction of sp³-hybridized carbons (Fsp3) is 0.0625. The molecule has 2 aromatic carbocycles. The van der Waals surface area contributed by atoms with Crippen LogP contribution < -0.4 is 10.2 Å². The minimum atomic E-state index is -0.577. The summed E-state index contributed by atoms with van der Waals surface area (Å²) in [6, 6.07) is 8.24. The summed E-state index contributed by atoms with van der Waals surface area (Å²) in [4.78, 5) is 23.5. The second-order valence-corrected chi connectivity index (χ2v) is 4.77. The first-order valence-electron chi connectivity index (χ1n) is 6.55. The largest absolute Gasteiger partial charge is 0.508 e. The molecule has 1 aromatic heterocycles. The van der Waals surface area contributed by atoms with E-state index in [1.54, 1.807) is 12.1 Å². The lowest BCUT2D eigenvalue weighted by molar-refractivity contribution is 0.398. The molecule has 7 nitrogen and oxygen atoms in total. The van der Waals surface area contributed by atoms with Gasteiger partial charge >= 0.3 is 0 Å². The van der Waals surface area contributed by atoms with Gasteiger partial charge in [0.25, 0.3) is 0 Å². The minimum absolute atomic E-state index is 0.00785. The molecule has 0 aliphatic rings. The molecule has 0 saturated carbocycles. The lowest BCUT2D eigenvalue weighted by atomic mass is 10.1. The van der Waals surface area contributed by atoms with Crippen LogP contribution >= 0.6 is 0 Å². The summed E-state index contributed by atoms with van der Waals surface area (Å²) in [5, 5.41) is 21.7. The summed E-state index contributed by atoms with van der Waals surface area (Å²) in [6.07, 6.45) is 0. The van der Waals surface area contributed by atoms with Crippen molar-refractivity contribution in [3.8, 4) is 28.6 Å². The Bertz CT molecular complexity index is 959. The van der Waals surface area contributed by atoms with Crippen LogP contribution in [0.15, 0.2) is 50.8 Å². The van der Waals surface area contributed by atoms with Gasteiger partial charge in [-0.15, -0.1) is 4.91 Å². The van der Waals surface area contributed by atoms with Crippen molar-refractivity contribution >= 4 is 16.7 Å². The van der Waals surface area contributed by atoms with Gasteiger partial charge in [0.1, 0.15) is 22.8 Å². The van der Waals surface area contributed by atoms with E-state index in [-0.39, 0.29) is 39.7 Å². The molecule has 0 aliphatic carbocycles. The van der Waals surface area contributed by atoms with Crippen LogP contribution in [0.25, 0.3) is 22.3 Å². The van der Waals surface area contributed by atoms with E-state index in [4.69, 9.17) is 9.15 Å². The predicted molar refractivity (Wildman–Crippen MR) is 83.3 cm³/mol. The van der Waals surface area contributed by atoms with E-state index >= 15 is 0 Å². The van der Waals surface area contributed by atoms with Gasteiger partial charge in [-0.3, -0.25) is 4.79 Å².